The predicted molar refractivity (Wildman–Crippen MR) is 98.0 cm³/mol. The van der Waals surface area contributed by atoms with Crippen LogP contribution in [-0.2, 0) is 21.7 Å². The maximum absolute atomic E-state index is 6.01. The van der Waals surface area contributed by atoms with Gasteiger partial charge in [0.1, 0.15) is 11.4 Å². The Morgan fingerprint density at radius 3 is 2.85 bits per heavy atom. The summed E-state index contributed by atoms with van der Waals surface area (Å²) in [7, 11) is 0. The molecule has 134 valence electrons. The number of morpholine rings is 1. The number of benzene rings is 1. The van der Waals surface area contributed by atoms with Crippen LogP contribution in [0.4, 0.5) is 5.82 Å². The number of aromatic amines is 1. The molecule has 0 unspecified atom stereocenters. The van der Waals surface area contributed by atoms with E-state index in [0.29, 0.717) is 6.61 Å². The van der Waals surface area contributed by atoms with Crippen molar-refractivity contribution in [2.24, 2.45) is 0 Å². The lowest BCUT2D eigenvalue weighted by atomic mass is 10.0. The molecule has 1 saturated heterocycles. The molecular formula is C19H21N5O2. The third kappa shape index (κ3) is 2.47. The van der Waals surface area contributed by atoms with E-state index in [1.54, 1.807) is 6.33 Å². The average molecular weight is 351 g/mol. The minimum absolute atomic E-state index is 0.411. The Hall–Kier alpha value is -2.51. The van der Waals surface area contributed by atoms with Gasteiger partial charge >= 0.3 is 0 Å². The molecule has 4 heterocycles. The van der Waals surface area contributed by atoms with Gasteiger partial charge in [-0.05, 0) is 32.0 Å². The zero-order chi connectivity index (χ0) is 17.7. The zero-order valence-corrected chi connectivity index (χ0v) is 15.0. The maximum atomic E-state index is 6.01. The summed E-state index contributed by atoms with van der Waals surface area (Å²) in [6, 6.07) is 6.07. The Labute approximate surface area is 151 Å². The van der Waals surface area contributed by atoms with Crippen LogP contribution in [0.5, 0.6) is 0 Å². The standard InChI is InChI=1S/C19H21N5O2/c1-19(2)16-13(10-26-19)18(24-5-7-25-8-6-24)23-17(22-16)12-3-4-14-15(9-12)21-11-20-14/h3-4,9,11H,5-8,10H2,1-2H3,(H,20,21). The van der Waals surface area contributed by atoms with Gasteiger partial charge in [-0.15, -0.1) is 0 Å². The number of anilines is 1. The summed E-state index contributed by atoms with van der Waals surface area (Å²) < 4.78 is 11.5. The number of hydrogen-bond donors (Lipinski definition) is 1. The fourth-order valence-electron chi connectivity index (χ4n) is 3.66. The average Bonchev–Trinajstić information content (AvgIpc) is 3.25. The first-order chi connectivity index (χ1) is 12.6. The second-order valence-electron chi connectivity index (χ2n) is 7.23. The van der Waals surface area contributed by atoms with Gasteiger partial charge in [0.05, 0.1) is 42.9 Å². The lowest BCUT2D eigenvalue weighted by molar-refractivity contribution is -0.0100. The van der Waals surface area contributed by atoms with Crippen molar-refractivity contribution in [1.82, 2.24) is 19.9 Å². The topological polar surface area (TPSA) is 76.2 Å². The highest BCUT2D eigenvalue weighted by Gasteiger charge is 2.37. The minimum Gasteiger partial charge on any atom is -0.378 e. The van der Waals surface area contributed by atoms with Gasteiger partial charge in [-0.25, -0.2) is 15.0 Å². The first kappa shape index (κ1) is 15.7. The Balaban J connectivity index is 1.67. The van der Waals surface area contributed by atoms with Crippen molar-refractivity contribution in [1.29, 1.82) is 0 Å². The molecule has 5 rings (SSSR count). The summed E-state index contributed by atoms with van der Waals surface area (Å²) in [4.78, 5) is 19.6. The molecule has 0 spiro atoms. The Bertz CT molecular complexity index is 975. The first-order valence-electron chi connectivity index (χ1n) is 8.93. The summed E-state index contributed by atoms with van der Waals surface area (Å²) in [5.41, 5.74) is 4.56. The normalized spacial score (nSPS) is 19.1. The Morgan fingerprint density at radius 2 is 2.00 bits per heavy atom. The van der Waals surface area contributed by atoms with E-state index in [1.165, 1.54) is 0 Å². The molecule has 2 aliphatic rings. The molecule has 0 radical (unpaired) electrons. The van der Waals surface area contributed by atoms with Crippen molar-refractivity contribution in [2.45, 2.75) is 26.1 Å². The molecule has 0 bridgehead atoms. The summed E-state index contributed by atoms with van der Waals surface area (Å²) in [6.45, 7) is 7.80. The number of rotatable bonds is 2. The van der Waals surface area contributed by atoms with Crippen LogP contribution in [0, 0.1) is 0 Å². The van der Waals surface area contributed by atoms with E-state index in [1.807, 2.05) is 12.1 Å². The Kier molecular flexibility index (Phi) is 3.48. The zero-order valence-electron chi connectivity index (χ0n) is 15.0. The van der Waals surface area contributed by atoms with Gasteiger partial charge in [-0.2, -0.15) is 0 Å². The molecule has 0 atom stereocenters. The van der Waals surface area contributed by atoms with E-state index in [0.717, 1.165) is 65.8 Å². The van der Waals surface area contributed by atoms with E-state index in [-0.39, 0.29) is 0 Å². The van der Waals surface area contributed by atoms with Crippen molar-refractivity contribution in [3.63, 3.8) is 0 Å². The van der Waals surface area contributed by atoms with Crippen LogP contribution in [0.2, 0.25) is 0 Å². The molecule has 0 amide bonds. The molecule has 1 aromatic carbocycles. The van der Waals surface area contributed by atoms with Crippen molar-refractivity contribution >= 4 is 16.9 Å². The first-order valence-corrected chi connectivity index (χ1v) is 8.93. The predicted octanol–water partition coefficient (Wildman–Crippen LogP) is 2.62. The van der Waals surface area contributed by atoms with Crippen LogP contribution in [0.15, 0.2) is 24.5 Å². The number of nitrogens with zero attached hydrogens (tertiary/aromatic N) is 4. The fourth-order valence-corrected chi connectivity index (χ4v) is 3.66. The van der Waals surface area contributed by atoms with Gasteiger partial charge in [-0.3, -0.25) is 0 Å². The molecule has 1 N–H and O–H groups in total. The minimum atomic E-state index is -0.411. The number of H-pyrrole nitrogens is 1. The van der Waals surface area contributed by atoms with Gasteiger partial charge in [0.25, 0.3) is 0 Å². The summed E-state index contributed by atoms with van der Waals surface area (Å²) in [5.74, 6) is 1.70. The lowest BCUT2D eigenvalue weighted by Crippen LogP contribution is -2.37. The molecule has 7 nitrogen and oxygen atoms in total. The second-order valence-corrected chi connectivity index (χ2v) is 7.23. The highest BCUT2D eigenvalue weighted by Crippen LogP contribution is 2.40. The quantitative estimate of drug-likeness (QED) is 0.765. The van der Waals surface area contributed by atoms with E-state index in [2.05, 4.69) is 34.8 Å². The van der Waals surface area contributed by atoms with Crippen LogP contribution in [0.25, 0.3) is 22.4 Å². The molecular weight excluding hydrogens is 330 g/mol. The van der Waals surface area contributed by atoms with Crippen LogP contribution in [-0.4, -0.2) is 46.2 Å². The summed E-state index contributed by atoms with van der Waals surface area (Å²) in [6.07, 6.45) is 1.70. The van der Waals surface area contributed by atoms with Crippen molar-refractivity contribution in [2.75, 3.05) is 31.2 Å². The number of ether oxygens (including phenoxy) is 2. The highest BCUT2D eigenvalue weighted by molar-refractivity contribution is 5.80. The van der Waals surface area contributed by atoms with Crippen molar-refractivity contribution in [3.05, 3.63) is 35.8 Å². The van der Waals surface area contributed by atoms with Crippen molar-refractivity contribution in [3.8, 4) is 11.4 Å². The van der Waals surface area contributed by atoms with Gasteiger partial charge in [-0.1, -0.05) is 0 Å². The van der Waals surface area contributed by atoms with Crippen molar-refractivity contribution < 1.29 is 9.47 Å². The molecule has 7 heteroatoms. The SMILES string of the molecule is CC1(C)OCc2c(N3CCOCC3)nc(-c3ccc4nc[nH]c4c3)nc21. The van der Waals surface area contributed by atoms with E-state index < -0.39 is 5.60 Å². The number of imidazole rings is 1. The highest BCUT2D eigenvalue weighted by atomic mass is 16.5. The largest absolute Gasteiger partial charge is 0.378 e. The molecule has 3 aromatic rings. The smallest absolute Gasteiger partial charge is 0.161 e. The van der Waals surface area contributed by atoms with E-state index in [4.69, 9.17) is 19.4 Å². The number of aromatic nitrogens is 4. The molecule has 1 fully saturated rings. The van der Waals surface area contributed by atoms with Gasteiger partial charge in [0.15, 0.2) is 5.82 Å². The molecule has 0 saturated carbocycles. The van der Waals surface area contributed by atoms with Crippen LogP contribution in [0.3, 0.4) is 0 Å². The summed E-state index contributed by atoms with van der Waals surface area (Å²) in [5, 5.41) is 0. The third-order valence-electron chi connectivity index (χ3n) is 5.12. The number of nitrogens with one attached hydrogen (secondary N) is 1. The van der Waals surface area contributed by atoms with Crippen LogP contribution in [0.1, 0.15) is 25.1 Å². The van der Waals surface area contributed by atoms with Crippen LogP contribution < -0.4 is 4.90 Å². The van der Waals surface area contributed by atoms with Gasteiger partial charge in [0, 0.05) is 24.2 Å². The fraction of sp³-hybridized carbons (Fsp3) is 0.421. The molecule has 26 heavy (non-hydrogen) atoms. The molecule has 2 aromatic heterocycles. The number of hydrogen-bond acceptors (Lipinski definition) is 6. The summed E-state index contributed by atoms with van der Waals surface area (Å²) >= 11 is 0. The van der Waals surface area contributed by atoms with E-state index >= 15 is 0 Å². The number of fused-ring (bicyclic) bond motifs is 2. The van der Waals surface area contributed by atoms with Gasteiger partial charge < -0.3 is 19.4 Å². The molecule has 0 aliphatic carbocycles. The van der Waals surface area contributed by atoms with Crippen LogP contribution >= 0.6 is 0 Å². The van der Waals surface area contributed by atoms with Gasteiger partial charge in [0.2, 0.25) is 0 Å². The Morgan fingerprint density at radius 1 is 1.15 bits per heavy atom. The van der Waals surface area contributed by atoms with E-state index in [9.17, 15) is 0 Å². The molecule has 2 aliphatic heterocycles. The lowest BCUT2D eigenvalue weighted by Gasteiger charge is -2.29. The monoisotopic (exact) mass is 351 g/mol. The maximum Gasteiger partial charge on any atom is 0.161 e. The third-order valence-corrected chi connectivity index (χ3v) is 5.12. The second kappa shape index (κ2) is 5.75.